The molecule has 10 nitrogen and oxygen atoms in total. The molecule has 0 aromatic heterocycles. The highest BCUT2D eigenvalue weighted by Gasteiger charge is 2.38. The minimum atomic E-state index is -5.08. The normalized spacial score (nSPS) is 15.8. The van der Waals surface area contributed by atoms with E-state index < -0.39 is 28.2 Å². The number of rotatable bonds is 7. The van der Waals surface area contributed by atoms with Gasteiger partial charge >= 0.3 is 12.1 Å². The number of carboxylic acid groups (broad SMARTS) is 1. The minimum absolute atomic E-state index is 0.0660. The highest BCUT2D eigenvalue weighted by atomic mass is 35.5. The summed E-state index contributed by atoms with van der Waals surface area (Å²) in [4.78, 5) is 23.5. The molecule has 1 atom stereocenters. The van der Waals surface area contributed by atoms with Crippen LogP contribution in [-0.4, -0.2) is 62.4 Å². The molecule has 1 aliphatic heterocycles. The molecule has 0 unspecified atom stereocenters. The van der Waals surface area contributed by atoms with Crippen molar-refractivity contribution in [2.75, 3.05) is 13.7 Å². The summed E-state index contributed by atoms with van der Waals surface area (Å²) in [6.07, 6.45) is -3.17. The number of ether oxygens (including phenoxy) is 1. The van der Waals surface area contributed by atoms with Crippen molar-refractivity contribution < 1.29 is 41.0 Å². The van der Waals surface area contributed by atoms with Crippen LogP contribution >= 0.6 is 11.6 Å². The fourth-order valence-electron chi connectivity index (χ4n) is 3.91. The van der Waals surface area contributed by atoms with Crippen molar-refractivity contribution in [2.45, 2.75) is 30.1 Å². The van der Waals surface area contributed by atoms with Crippen LogP contribution in [0, 0.1) is 0 Å². The van der Waals surface area contributed by atoms with Crippen molar-refractivity contribution in [1.29, 1.82) is 0 Å². The summed E-state index contributed by atoms with van der Waals surface area (Å²) in [5, 5.41) is 12.4. The zero-order chi connectivity index (χ0) is 29.7. The molecule has 4 N–H and O–H groups in total. The van der Waals surface area contributed by atoms with Crippen LogP contribution in [0.1, 0.15) is 17.5 Å². The van der Waals surface area contributed by atoms with E-state index in [1.54, 1.807) is 23.1 Å². The van der Waals surface area contributed by atoms with Gasteiger partial charge in [-0.05, 0) is 47.2 Å². The maximum Gasteiger partial charge on any atom is 0.490 e. The first kappa shape index (κ1) is 30.7. The number of alkyl halides is 3. The number of nitrogens with two attached hydrogens (primary N) is 1. The Labute approximate surface area is 232 Å². The Hall–Kier alpha value is -3.88. The number of benzene rings is 3. The third-order valence-corrected chi connectivity index (χ3v) is 7.66. The molecule has 1 amide bonds. The summed E-state index contributed by atoms with van der Waals surface area (Å²) in [6, 6.07) is 14.7. The third kappa shape index (κ3) is 7.40. The van der Waals surface area contributed by atoms with Gasteiger partial charge in [-0.2, -0.15) is 23.0 Å². The Morgan fingerprint density at radius 2 is 1.95 bits per heavy atom. The first-order chi connectivity index (χ1) is 18.8. The second kappa shape index (κ2) is 12.5. The zero-order valence-electron chi connectivity index (χ0n) is 20.9. The number of halogens is 4. The van der Waals surface area contributed by atoms with Crippen molar-refractivity contribution in [3.05, 3.63) is 70.7 Å². The van der Waals surface area contributed by atoms with Gasteiger partial charge in [0.25, 0.3) is 0 Å². The molecule has 0 saturated carbocycles. The molecule has 0 bridgehead atoms. The van der Waals surface area contributed by atoms with Gasteiger partial charge in [0.1, 0.15) is 11.8 Å². The molecule has 4 rings (SSSR count). The molecular weight excluding hydrogens is 577 g/mol. The van der Waals surface area contributed by atoms with Crippen molar-refractivity contribution in [2.24, 2.45) is 10.9 Å². The van der Waals surface area contributed by atoms with Crippen LogP contribution in [0.15, 0.2) is 64.6 Å². The number of likely N-dealkylation sites (tertiary alicyclic amines) is 1. The maximum atomic E-state index is 13.0. The van der Waals surface area contributed by atoms with Crippen LogP contribution in [0.5, 0.6) is 5.75 Å². The Morgan fingerprint density at radius 1 is 1.25 bits per heavy atom. The second-order valence-electron chi connectivity index (χ2n) is 8.51. The first-order valence-electron chi connectivity index (χ1n) is 11.5. The number of fused-ring (bicyclic) bond motifs is 1. The summed E-state index contributed by atoms with van der Waals surface area (Å²) >= 11 is 6.32. The second-order valence-corrected chi connectivity index (χ2v) is 10.6. The Bertz CT molecular complexity index is 1550. The van der Waals surface area contributed by atoms with Crippen LogP contribution in [-0.2, 0) is 26.2 Å². The van der Waals surface area contributed by atoms with E-state index in [-0.39, 0.29) is 10.8 Å². The molecule has 15 heteroatoms. The maximum absolute atomic E-state index is 13.0. The number of hydrogen-bond donors (Lipinski definition) is 3. The van der Waals surface area contributed by atoms with Gasteiger partial charge in [-0.15, -0.1) is 0 Å². The average Bonchev–Trinajstić information content (AvgIpc) is 3.22. The number of nitrogens with zero attached hydrogens (tertiary/aromatic N) is 2. The van der Waals surface area contributed by atoms with Crippen LogP contribution in [0.2, 0.25) is 5.02 Å². The van der Waals surface area contributed by atoms with Gasteiger partial charge in [0.15, 0.2) is 0 Å². The number of carbonyl (C=O) groups excluding carboxylic acids is 1. The van der Waals surface area contributed by atoms with Crippen molar-refractivity contribution >= 4 is 50.5 Å². The zero-order valence-corrected chi connectivity index (χ0v) is 22.4. The molecular formula is C25H24ClF3N4O6S. The Morgan fingerprint density at radius 3 is 2.58 bits per heavy atom. The topological polar surface area (TPSA) is 151 Å². The summed E-state index contributed by atoms with van der Waals surface area (Å²) in [5.74, 6) is 2.69. The van der Waals surface area contributed by atoms with Gasteiger partial charge in [-0.25, -0.2) is 13.2 Å². The SMILES string of the molecule is COc1ccc2cc(S(=O)(=O)N[C@H]3CCN(Cc4cccc(C=NN)c4)C3=O)ccc2c1Cl.O=C(O)C(F)(F)F. The third-order valence-electron chi connectivity index (χ3n) is 5.81. The van der Waals surface area contributed by atoms with Crippen LogP contribution in [0.3, 0.4) is 0 Å². The average molecular weight is 601 g/mol. The van der Waals surface area contributed by atoms with Crippen molar-refractivity contribution in [3.63, 3.8) is 0 Å². The number of sulfonamides is 1. The summed E-state index contributed by atoms with van der Waals surface area (Å²) in [6.45, 7) is 0.827. The fraction of sp³-hybridized carbons (Fsp3) is 0.240. The number of carboxylic acids is 1. The number of hydrogen-bond acceptors (Lipinski definition) is 7. The molecule has 0 spiro atoms. The van der Waals surface area contributed by atoms with Gasteiger partial charge in [0, 0.05) is 18.5 Å². The Kier molecular flexibility index (Phi) is 9.60. The fourth-order valence-corrected chi connectivity index (χ4v) is 5.48. The van der Waals surface area contributed by atoms with E-state index >= 15 is 0 Å². The lowest BCUT2D eigenvalue weighted by molar-refractivity contribution is -0.192. The number of nitrogens with one attached hydrogen (secondary N) is 1. The van der Waals surface area contributed by atoms with Gasteiger partial charge in [0.05, 0.1) is 23.2 Å². The molecule has 1 heterocycles. The number of hydrazone groups is 1. The lowest BCUT2D eigenvalue weighted by Gasteiger charge is -2.18. The Balaban J connectivity index is 0.000000559. The lowest BCUT2D eigenvalue weighted by Crippen LogP contribution is -2.41. The largest absolute Gasteiger partial charge is 0.495 e. The van der Waals surface area contributed by atoms with E-state index in [2.05, 4.69) is 9.82 Å². The van der Waals surface area contributed by atoms with Crippen LogP contribution in [0.25, 0.3) is 10.8 Å². The molecule has 214 valence electrons. The molecule has 3 aromatic rings. The summed E-state index contributed by atoms with van der Waals surface area (Å²) in [5.41, 5.74) is 1.74. The number of carbonyl (C=O) groups is 2. The lowest BCUT2D eigenvalue weighted by atomic mass is 10.1. The first-order valence-corrected chi connectivity index (χ1v) is 13.3. The van der Waals surface area contributed by atoms with E-state index in [9.17, 15) is 26.4 Å². The minimum Gasteiger partial charge on any atom is -0.495 e. The standard InChI is InChI=1S/C23H23ClN4O4S.C2HF3O2/c1-32-21-8-5-17-12-18(6-7-19(17)22(21)24)33(30,31)27-20-9-10-28(23(20)29)14-16-4-2-3-15(11-16)13-26-25;3-2(4,5)1(6)7/h2-8,11-13,20,27H,9-10,14,25H2,1H3;(H,6,7)/t20-;/m0./s1. The molecule has 1 aliphatic rings. The highest BCUT2D eigenvalue weighted by Crippen LogP contribution is 2.33. The number of methoxy groups -OCH3 is 1. The molecule has 40 heavy (non-hydrogen) atoms. The van der Waals surface area contributed by atoms with Gasteiger partial charge in [-0.1, -0.05) is 41.9 Å². The van der Waals surface area contributed by atoms with Gasteiger partial charge in [0.2, 0.25) is 15.9 Å². The molecule has 0 radical (unpaired) electrons. The van der Waals surface area contributed by atoms with E-state index in [4.69, 9.17) is 32.1 Å². The van der Waals surface area contributed by atoms with E-state index in [1.807, 2.05) is 24.3 Å². The predicted molar refractivity (Wildman–Crippen MR) is 142 cm³/mol. The molecule has 1 fully saturated rings. The molecule has 1 saturated heterocycles. The highest BCUT2D eigenvalue weighted by molar-refractivity contribution is 7.89. The van der Waals surface area contributed by atoms with Crippen molar-refractivity contribution in [3.8, 4) is 5.75 Å². The van der Waals surface area contributed by atoms with Crippen LogP contribution in [0.4, 0.5) is 13.2 Å². The monoisotopic (exact) mass is 600 g/mol. The van der Waals surface area contributed by atoms with E-state index in [0.717, 1.165) is 11.1 Å². The molecule has 3 aromatic carbocycles. The molecule has 0 aliphatic carbocycles. The van der Waals surface area contributed by atoms with Crippen molar-refractivity contribution in [1.82, 2.24) is 9.62 Å². The van der Waals surface area contributed by atoms with Gasteiger partial charge < -0.3 is 20.6 Å². The number of aliphatic carboxylic acids is 1. The van der Waals surface area contributed by atoms with E-state index in [1.165, 1.54) is 25.5 Å². The summed E-state index contributed by atoms with van der Waals surface area (Å²) in [7, 11) is -2.39. The number of amides is 1. The summed E-state index contributed by atoms with van der Waals surface area (Å²) < 4.78 is 65.5. The van der Waals surface area contributed by atoms with Gasteiger partial charge in [-0.3, -0.25) is 4.79 Å². The van der Waals surface area contributed by atoms with E-state index in [0.29, 0.717) is 41.1 Å². The van der Waals surface area contributed by atoms with Crippen LogP contribution < -0.4 is 15.3 Å². The smallest absolute Gasteiger partial charge is 0.490 e. The predicted octanol–water partition coefficient (Wildman–Crippen LogP) is 3.51. The quantitative estimate of drug-likeness (QED) is 0.213.